The Morgan fingerprint density at radius 1 is 1.48 bits per heavy atom. The minimum atomic E-state index is -0.477. The molecule has 1 fully saturated rings. The summed E-state index contributed by atoms with van der Waals surface area (Å²) < 4.78 is 0. The molecule has 1 aliphatic heterocycles. The number of likely N-dealkylation sites (tertiary alicyclic amines) is 1. The van der Waals surface area contributed by atoms with Gasteiger partial charge in [0.15, 0.2) is 5.69 Å². The van der Waals surface area contributed by atoms with Gasteiger partial charge >= 0.3 is 0 Å². The number of benzene rings is 1. The number of piperidine rings is 1. The topological polar surface area (TPSA) is 118 Å². The van der Waals surface area contributed by atoms with E-state index in [1.54, 1.807) is 11.0 Å². The molecule has 0 bridgehead atoms. The van der Waals surface area contributed by atoms with Gasteiger partial charge in [0.1, 0.15) is 0 Å². The third kappa shape index (κ3) is 2.89. The Kier molecular flexibility index (Phi) is 3.99. The van der Waals surface area contributed by atoms with Gasteiger partial charge in [0.25, 0.3) is 11.6 Å². The third-order valence-electron chi connectivity index (χ3n) is 4.53. The van der Waals surface area contributed by atoms with Crippen molar-refractivity contribution in [1.82, 2.24) is 15.1 Å². The number of H-pyrrole nitrogens is 1. The van der Waals surface area contributed by atoms with E-state index >= 15 is 0 Å². The maximum Gasteiger partial charge on any atom is 0.274 e. The first kappa shape index (κ1) is 15.4. The summed E-state index contributed by atoms with van der Waals surface area (Å²) in [5.74, 6) is 0.232. The maximum absolute atomic E-state index is 12.7. The number of nitro groups is 1. The van der Waals surface area contributed by atoms with Crippen molar-refractivity contribution in [3.05, 3.63) is 34.0 Å². The zero-order valence-electron chi connectivity index (χ0n) is 12.9. The molecule has 3 N–H and O–H groups in total. The second kappa shape index (κ2) is 5.96. The molecule has 23 heavy (non-hydrogen) atoms. The lowest BCUT2D eigenvalue weighted by atomic mass is 9.91. The van der Waals surface area contributed by atoms with Crippen molar-refractivity contribution in [2.24, 2.45) is 11.7 Å². The van der Waals surface area contributed by atoms with Crippen LogP contribution in [0.2, 0.25) is 0 Å². The van der Waals surface area contributed by atoms with E-state index in [2.05, 4.69) is 10.2 Å². The van der Waals surface area contributed by atoms with E-state index in [4.69, 9.17) is 5.73 Å². The van der Waals surface area contributed by atoms with Crippen molar-refractivity contribution >= 4 is 22.5 Å². The van der Waals surface area contributed by atoms with Crippen molar-refractivity contribution in [2.45, 2.75) is 25.8 Å². The van der Waals surface area contributed by atoms with Crippen LogP contribution in [0, 0.1) is 16.0 Å². The molecule has 0 aliphatic carbocycles. The van der Waals surface area contributed by atoms with Gasteiger partial charge in [0, 0.05) is 36.7 Å². The largest absolute Gasteiger partial charge is 0.337 e. The van der Waals surface area contributed by atoms with E-state index in [9.17, 15) is 14.9 Å². The summed E-state index contributed by atoms with van der Waals surface area (Å²) in [6, 6.07) is 4.48. The quantitative estimate of drug-likeness (QED) is 0.659. The molecule has 8 nitrogen and oxygen atoms in total. The van der Waals surface area contributed by atoms with Gasteiger partial charge in [-0.3, -0.25) is 20.0 Å². The molecule has 2 heterocycles. The molecule has 1 saturated heterocycles. The normalized spacial score (nSPS) is 17.4. The highest BCUT2D eigenvalue weighted by Gasteiger charge is 2.28. The average Bonchev–Trinajstić information content (AvgIpc) is 2.97. The van der Waals surface area contributed by atoms with Crippen LogP contribution in [0.15, 0.2) is 18.2 Å². The molecule has 1 aliphatic rings. The van der Waals surface area contributed by atoms with Crippen molar-refractivity contribution in [3.63, 3.8) is 0 Å². The number of hydrogen-bond acceptors (Lipinski definition) is 5. The van der Waals surface area contributed by atoms with Crippen LogP contribution in [0.1, 0.15) is 30.3 Å². The van der Waals surface area contributed by atoms with Crippen molar-refractivity contribution < 1.29 is 9.72 Å². The molecule has 1 aromatic carbocycles. The second-order valence-electron chi connectivity index (χ2n) is 6.05. The second-order valence-corrected chi connectivity index (χ2v) is 6.05. The molecule has 8 heteroatoms. The van der Waals surface area contributed by atoms with E-state index in [-0.39, 0.29) is 23.3 Å². The van der Waals surface area contributed by atoms with E-state index in [1.807, 2.05) is 6.92 Å². The molecule has 122 valence electrons. The number of nitro benzene ring substituents is 1. The van der Waals surface area contributed by atoms with Gasteiger partial charge in [-0.1, -0.05) is 0 Å². The number of fused-ring (bicyclic) bond motifs is 1. The lowest BCUT2D eigenvalue weighted by Crippen LogP contribution is -2.42. The SMILES string of the molecule is CC(N)C1CCN(C(=O)c2n[nH]c3ccc([N+](=O)[O-])cc23)CC1. The lowest BCUT2D eigenvalue weighted by molar-refractivity contribution is -0.384. The number of amides is 1. The fraction of sp³-hybridized carbons (Fsp3) is 0.467. The van der Waals surface area contributed by atoms with E-state index in [0.29, 0.717) is 29.9 Å². The number of rotatable bonds is 3. The van der Waals surface area contributed by atoms with Crippen LogP contribution in [0.25, 0.3) is 10.9 Å². The number of non-ortho nitro benzene ring substituents is 1. The average molecular weight is 317 g/mol. The minimum Gasteiger partial charge on any atom is -0.337 e. The summed E-state index contributed by atoms with van der Waals surface area (Å²) in [6.07, 6.45) is 1.73. The standard InChI is InChI=1S/C15H19N5O3/c1-9(16)10-4-6-19(7-5-10)15(21)14-12-8-11(20(22)23)2-3-13(12)17-18-14/h2-3,8-10H,4-7,16H2,1H3,(H,17,18). The number of aromatic amines is 1. The van der Waals surface area contributed by atoms with Crippen LogP contribution in [0.3, 0.4) is 0 Å². The van der Waals surface area contributed by atoms with E-state index in [0.717, 1.165) is 12.8 Å². The van der Waals surface area contributed by atoms with Crippen LogP contribution in [-0.4, -0.2) is 45.1 Å². The zero-order valence-corrected chi connectivity index (χ0v) is 12.9. The van der Waals surface area contributed by atoms with Crippen molar-refractivity contribution in [1.29, 1.82) is 0 Å². The van der Waals surface area contributed by atoms with Crippen LogP contribution in [0.4, 0.5) is 5.69 Å². The summed E-state index contributed by atoms with van der Waals surface area (Å²) in [5, 5.41) is 18.2. The Balaban J connectivity index is 1.84. The molecule has 0 saturated carbocycles. The van der Waals surface area contributed by atoms with Gasteiger partial charge in [-0.05, 0) is 31.7 Å². The van der Waals surface area contributed by atoms with Gasteiger partial charge in [-0.15, -0.1) is 0 Å². The van der Waals surface area contributed by atoms with Gasteiger partial charge < -0.3 is 10.6 Å². The molecule has 1 atom stereocenters. The van der Waals surface area contributed by atoms with Crippen LogP contribution < -0.4 is 5.73 Å². The fourth-order valence-corrected chi connectivity index (χ4v) is 3.06. The number of carbonyl (C=O) groups is 1. The zero-order chi connectivity index (χ0) is 16.6. The molecule has 2 aromatic rings. The number of hydrogen-bond donors (Lipinski definition) is 2. The molecule has 0 spiro atoms. The number of nitrogens with two attached hydrogens (primary N) is 1. The van der Waals surface area contributed by atoms with Crippen LogP contribution in [0.5, 0.6) is 0 Å². The first-order valence-corrected chi connectivity index (χ1v) is 7.64. The van der Waals surface area contributed by atoms with Gasteiger partial charge in [0.2, 0.25) is 0 Å². The predicted molar refractivity (Wildman–Crippen MR) is 85.0 cm³/mol. The highest BCUT2D eigenvalue weighted by Crippen LogP contribution is 2.25. The molecule has 1 aromatic heterocycles. The Labute approximate surface area is 132 Å². The fourth-order valence-electron chi connectivity index (χ4n) is 3.06. The van der Waals surface area contributed by atoms with E-state index in [1.165, 1.54) is 12.1 Å². The van der Waals surface area contributed by atoms with E-state index < -0.39 is 4.92 Å². The summed E-state index contributed by atoms with van der Waals surface area (Å²) in [4.78, 5) is 24.9. The highest BCUT2D eigenvalue weighted by molar-refractivity contribution is 6.05. The van der Waals surface area contributed by atoms with Crippen molar-refractivity contribution in [3.8, 4) is 0 Å². The Morgan fingerprint density at radius 2 is 2.17 bits per heavy atom. The molecule has 3 rings (SSSR count). The lowest BCUT2D eigenvalue weighted by Gasteiger charge is -2.33. The van der Waals surface area contributed by atoms with Gasteiger partial charge in [0.05, 0.1) is 10.4 Å². The molecular formula is C15H19N5O3. The van der Waals surface area contributed by atoms with Gasteiger partial charge in [-0.25, -0.2) is 0 Å². The smallest absolute Gasteiger partial charge is 0.274 e. The van der Waals surface area contributed by atoms with Gasteiger partial charge in [-0.2, -0.15) is 5.10 Å². The Hall–Kier alpha value is -2.48. The summed E-state index contributed by atoms with van der Waals surface area (Å²) in [6.45, 7) is 3.26. The summed E-state index contributed by atoms with van der Waals surface area (Å²) >= 11 is 0. The number of aromatic nitrogens is 2. The summed E-state index contributed by atoms with van der Waals surface area (Å²) in [5.41, 5.74) is 6.72. The Bertz CT molecular complexity index is 747. The minimum absolute atomic E-state index is 0.0522. The first-order valence-electron chi connectivity index (χ1n) is 7.64. The number of nitrogens with one attached hydrogen (secondary N) is 1. The number of nitrogens with zero attached hydrogens (tertiary/aromatic N) is 3. The third-order valence-corrected chi connectivity index (χ3v) is 4.53. The highest BCUT2D eigenvalue weighted by atomic mass is 16.6. The molecular weight excluding hydrogens is 298 g/mol. The number of carbonyl (C=O) groups excluding carboxylic acids is 1. The van der Waals surface area contributed by atoms with Crippen LogP contribution in [-0.2, 0) is 0 Å². The molecule has 1 unspecified atom stereocenters. The molecule has 0 radical (unpaired) electrons. The first-order chi connectivity index (χ1) is 11.0. The molecule has 1 amide bonds. The maximum atomic E-state index is 12.7. The monoisotopic (exact) mass is 317 g/mol. The van der Waals surface area contributed by atoms with Crippen molar-refractivity contribution in [2.75, 3.05) is 13.1 Å². The summed E-state index contributed by atoms with van der Waals surface area (Å²) in [7, 11) is 0. The Morgan fingerprint density at radius 3 is 2.78 bits per heavy atom. The van der Waals surface area contributed by atoms with Crippen LogP contribution >= 0.6 is 0 Å². The predicted octanol–water partition coefficient (Wildman–Crippen LogP) is 1.67.